The van der Waals surface area contributed by atoms with Gasteiger partial charge in [0, 0.05) is 31.3 Å². The largest absolute Gasteiger partial charge is 0.418 e. The summed E-state index contributed by atoms with van der Waals surface area (Å²) in [5.74, 6) is 0.426. The Kier molecular flexibility index (Phi) is 5.62. The van der Waals surface area contributed by atoms with E-state index in [1.54, 1.807) is 12.3 Å². The van der Waals surface area contributed by atoms with Crippen molar-refractivity contribution in [3.05, 3.63) is 59.8 Å². The number of likely N-dealkylation sites (tertiary alicyclic amines) is 1. The van der Waals surface area contributed by atoms with Crippen molar-refractivity contribution in [3.8, 4) is 11.3 Å². The summed E-state index contributed by atoms with van der Waals surface area (Å²) in [5, 5.41) is 6.31. The molecule has 1 N–H and O–H groups in total. The highest BCUT2D eigenvalue weighted by Gasteiger charge is 2.34. The lowest BCUT2D eigenvalue weighted by atomic mass is 9.91. The number of carbonyl (C=O) groups excluding carboxylic acids is 1. The van der Waals surface area contributed by atoms with Crippen LogP contribution in [0.5, 0.6) is 0 Å². The molecule has 3 heterocycles. The Labute approximate surface area is 176 Å². The smallest absolute Gasteiger partial charge is 0.356 e. The summed E-state index contributed by atoms with van der Waals surface area (Å²) in [4.78, 5) is 22.8. The van der Waals surface area contributed by atoms with Crippen LogP contribution in [0.3, 0.4) is 0 Å². The van der Waals surface area contributed by atoms with Crippen LogP contribution in [0.25, 0.3) is 11.3 Å². The van der Waals surface area contributed by atoms with Gasteiger partial charge in [-0.3, -0.25) is 0 Å². The molecule has 3 aromatic rings. The number of nitrogens with zero attached hydrogens (tertiary/aromatic N) is 4. The highest BCUT2D eigenvalue weighted by atomic mass is 19.4. The molecule has 1 aromatic carbocycles. The quantitative estimate of drug-likeness (QED) is 0.640. The van der Waals surface area contributed by atoms with Crippen LogP contribution in [-0.2, 0) is 6.18 Å². The zero-order chi connectivity index (χ0) is 22.0. The van der Waals surface area contributed by atoms with Gasteiger partial charge in [0.1, 0.15) is 6.33 Å². The van der Waals surface area contributed by atoms with Crippen molar-refractivity contribution in [2.24, 2.45) is 0 Å². The number of urea groups is 1. The number of hydrogen-bond donors (Lipinski definition) is 1. The number of piperidine rings is 1. The molecular weight excluding hydrogens is 411 g/mol. The Bertz CT molecular complexity index is 1080. The molecule has 1 fully saturated rings. The minimum atomic E-state index is -4.56. The predicted molar refractivity (Wildman–Crippen MR) is 106 cm³/mol. The predicted octanol–water partition coefficient (Wildman–Crippen LogP) is 4.87. The fraction of sp³-hybridized carbons (Fsp3) is 0.333. The third-order valence-electron chi connectivity index (χ3n) is 5.21. The Morgan fingerprint density at radius 3 is 2.84 bits per heavy atom. The third kappa shape index (κ3) is 4.52. The zero-order valence-electron chi connectivity index (χ0n) is 16.7. The lowest BCUT2D eigenvalue weighted by Crippen LogP contribution is -2.42. The summed E-state index contributed by atoms with van der Waals surface area (Å²) in [7, 11) is 0. The number of carbonyl (C=O) groups is 1. The molecule has 7 nitrogen and oxygen atoms in total. The first-order valence-electron chi connectivity index (χ1n) is 9.78. The maximum atomic E-state index is 13.2. The van der Waals surface area contributed by atoms with Crippen molar-refractivity contribution >= 4 is 11.7 Å². The Balaban J connectivity index is 1.54. The van der Waals surface area contributed by atoms with E-state index in [0.29, 0.717) is 30.8 Å². The van der Waals surface area contributed by atoms with E-state index in [1.165, 1.54) is 29.4 Å². The number of aryl methyl sites for hydroxylation is 1. The van der Waals surface area contributed by atoms with Gasteiger partial charge in [-0.2, -0.15) is 13.2 Å². The SMILES string of the molecule is Cc1cc(-c2cncnc2[C@H]2CCCN(C(=O)Nc3ccccc3C(F)(F)F)C2)on1. The molecule has 1 aliphatic heterocycles. The van der Waals surface area contributed by atoms with E-state index in [0.717, 1.165) is 23.9 Å². The molecule has 0 radical (unpaired) electrons. The lowest BCUT2D eigenvalue weighted by Gasteiger charge is -2.33. The number of anilines is 1. The summed E-state index contributed by atoms with van der Waals surface area (Å²) < 4.78 is 45.1. The Hall–Kier alpha value is -3.43. The van der Waals surface area contributed by atoms with Crippen LogP contribution in [0, 0.1) is 6.92 Å². The van der Waals surface area contributed by atoms with E-state index in [-0.39, 0.29) is 11.6 Å². The second-order valence-electron chi connectivity index (χ2n) is 7.41. The van der Waals surface area contributed by atoms with Gasteiger partial charge in [0.05, 0.1) is 28.2 Å². The highest BCUT2D eigenvalue weighted by molar-refractivity contribution is 5.90. The molecule has 2 amide bonds. The van der Waals surface area contributed by atoms with Gasteiger partial charge in [0.15, 0.2) is 5.76 Å². The first kappa shape index (κ1) is 20.8. The first-order valence-corrected chi connectivity index (χ1v) is 9.78. The standard InChI is InChI=1S/C21H20F3N5O2/c1-13-9-18(31-28-13)15-10-25-12-26-19(15)14-5-4-8-29(11-14)20(30)27-17-7-3-2-6-16(17)21(22,23)24/h2-3,6-7,9-10,12,14H,4-5,8,11H2,1H3,(H,27,30)/t14-/m0/s1. The van der Waals surface area contributed by atoms with Gasteiger partial charge in [0.25, 0.3) is 0 Å². The molecule has 0 bridgehead atoms. The van der Waals surface area contributed by atoms with Crippen LogP contribution >= 0.6 is 0 Å². The molecule has 0 aliphatic carbocycles. The number of benzene rings is 1. The first-order chi connectivity index (χ1) is 14.8. The van der Waals surface area contributed by atoms with Crippen LogP contribution < -0.4 is 5.32 Å². The monoisotopic (exact) mass is 431 g/mol. The molecule has 4 rings (SSSR count). The number of hydrogen-bond acceptors (Lipinski definition) is 5. The van der Waals surface area contributed by atoms with E-state index in [9.17, 15) is 18.0 Å². The zero-order valence-corrected chi connectivity index (χ0v) is 16.7. The van der Waals surface area contributed by atoms with Gasteiger partial charge in [-0.15, -0.1) is 0 Å². The minimum absolute atomic E-state index is 0.110. The van der Waals surface area contributed by atoms with Crippen molar-refractivity contribution < 1.29 is 22.5 Å². The molecular formula is C21H20F3N5O2. The van der Waals surface area contributed by atoms with Crippen LogP contribution in [0.2, 0.25) is 0 Å². The number of aromatic nitrogens is 3. The van der Waals surface area contributed by atoms with E-state index in [1.807, 2.05) is 6.92 Å². The Morgan fingerprint density at radius 1 is 1.29 bits per heavy atom. The van der Waals surface area contributed by atoms with Crippen molar-refractivity contribution in [3.63, 3.8) is 0 Å². The molecule has 31 heavy (non-hydrogen) atoms. The summed E-state index contributed by atoms with van der Waals surface area (Å²) in [6.07, 6.45) is -0.0150. The Morgan fingerprint density at radius 2 is 2.10 bits per heavy atom. The number of rotatable bonds is 3. The van der Waals surface area contributed by atoms with Crippen LogP contribution in [-0.4, -0.2) is 39.1 Å². The van der Waals surface area contributed by atoms with Crippen LogP contribution in [0.1, 0.15) is 35.7 Å². The lowest BCUT2D eigenvalue weighted by molar-refractivity contribution is -0.136. The summed E-state index contributed by atoms with van der Waals surface area (Å²) >= 11 is 0. The number of para-hydroxylation sites is 1. The maximum absolute atomic E-state index is 13.2. The van der Waals surface area contributed by atoms with Gasteiger partial charge >= 0.3 is 12.2 Å². The molecule has 1 aliphatic rings. The van der Waals surface area contributed by atoms with Crippen LogP contribution in [0.4, 0.5) is 23.7 Å². The van der Waals surface area contributed by atoms with Gasteiger partial charge in [-0.25, -0.2) is 14.8 Å². The minimum Gasteiger partial charge on any atom is -0.356 e. The van der Waals surface area contributed by atoms with Crippen molar-refractivity contribution in [1.82, 2.24) is 20.0 Å². The molecule has 0 saturated carbocycles. The third-order valence-corrected chi connectivity index (χ3v) is 5.21. The average Bonchev–Trinajstić information content (AvgIpc) is 3.19. The molecule has 10 heteroatoms. The molecule has 2 aromatic heterocycles. The number of alkyl halides is 3. The molecule has 0 unspecified atom stereocenters. The number of nitrogens with one attached hydrogen (secondary N) is 1. The number of halogens is 3. The van der Waals surface area contributed by atoms with E-state index in [2.05, 4.69) is 20.4 Å². The summed E-state index contributed by atoms with van der Waals surface area (Å²) in [6, 6.07) is 6.14. The fourth-order valence-corrected chi connectivity index (χ4v) is 3.76. The topological polar surface area (TPSA) is 84.2 Å². The summed E-state index contributed by atoms with van der Waals surface area (Å²) in [5.41, 5.74) is 0.993. The van der Waals surface area contributed by atoms with Gasteiger partial charge in [-0.1, -0.05) is 17.3 Å². The molecule has 1 atom stereocenters. The second-order valence-corrected chi connectivity index (χ2v) is 7.41. The van der Waals surface area contributed by atoms with Crippen molar-refractivity contribution in [2.75, 3.05) is 18.4 Å². The van der Waals surface area contributed by atoms with Crippen molar-refractivity contribution in [1.29, 1.82) is 0 Å². The van der Waals surface area contributed by atoms with Gasteiger partial charge in [0.2, 0.25) is 0 Å². The molecule has 162 valence electrons. The number of amides is 2. The maximum Gasteiger partial charge on any atom is 0.418 e. The average molecular weight is 431 g/mol. The normalized spacial score (nSPS) is 16.9. The summed E-state index contributed by atoms with van der Waals surface area (Å²) in [6.45, 7) is 2.57. The van der Waals surface area contributed by atoms with Crippen LogP contribution in [0.15, 0.2) is 47.4 Å². The highest BCUT2D eigenvalue weighted by Crippen LogP contribution is 2.36. The second kappa shape index (κ2) is 8.37. The van der Waals surface area contributed by atoms with Gasteiger partial charge < -0.3 is 14.7 Å². The van der Waals surface area contributed by atoms with E-state index < -0.39 is 17.8 Å². The van der Waals surface area contributed by atoms with E-state index in [4.69, 9.17) is 4.52 Å². The van der Waals surface area contributed by atoms with Gasteiger partial charge in [-0.05, 0) is 31.9 Å². The van der Waals surface area contributed by atoms with Crippen molar-refractivity contribution in [2.45, 2.75) is 31.9 Å². The van der Waals surface area contributed by atoms with E-state index >= 15 is 0 Å². The fourth-order valence-electron chi connectivity index (χ4n) is 3.76. The molecule has 0 spiro atoms. The molecule has 1 saturated heterocycles.